The van der Waals surface area contributed by atoms with Crippen molar-refractivity contribution in [2.24, 2.45) is 5.73 Å². The fourth-order valence-corrected chi connectivity index (χ4v) is 4.44. The second-order valence-corrected chi connectivity index (χ2v) is 7.39. The summed E-state index contributed by atoms with van der Waals surface area (Å²) in [7, 11) is -3.36. The maximum absolute atomic E-state index is 12.7. The van der Waals surface area contributed by atoms with Gasteiger partial charge in [-0.05, 0) is 50.4 Å². The van der Waals surface area contributed by atoms with E-state index < -0.39 is 10.0 Å². The zero-order chi connectivity index (χ0) is 14.6. The van der Waals surface area contributed by atoms with Gasteiger partial charge in [0.25, 0.3) is 0 Å². The molecule has 1 aliphatic heterocycles. The highest BCUT2D eigenvalue weighted by Gasteiger charge is 2.29. The molecule has 0 aliphatic carbocycles. The molecule has 0 saturated carbocycles. The molecule has 4 nitrogen and oxygen atoms in total. The van der Waals surface area contributed by atoms with Crippen LogP contribution in [0, 0.1) is 0 Å². The molecule has 1 heterocycles. The summed E-state index contributed by atoms with van der Waals surface area (Å²) in [4.78, 5) is 0.395. The summed E-state index contributed by atoms with van der Waals surface area (Å²) in [5.41, 5.74) is 6.59. The molecule has 0 aromatic heterocycles. The van der Waals surface area contributed by atoms with Crippen LogP contribution in [0.3, 0.4) is 0 Å². The summed E-state index contributed by atoms with van der Waals surface area (Å²) < 4.78 is 27.1. The van der Waals surface area contributed by atoms with Crippen molar-refractivity contribution in [3.63, 3.8) is 0 Å². The van der Waals surface area contributed by atoms with Gasteiger partial charge in [0.2, 0.25) is 10.0 Å². The van der Waals surface area contributed by atoms with E-state index in [1.165, 1.54) is 0 Å². The van der Waals surface area contributed by atoms with Gasteiger partial charge in [0, 0.05) is 12.6 Å². The lowest BCUT2D eigenvalue weighted by Gasteiger charge is -2.26. The van der Waals surface area contributed by atoms with E-state index >= 15 is 0 Å². The highest BCUT2D eigenvalue weighted by atomic mass is 32.2. The van der Waals surface area contributed by atoms with Crippen LogP contribution in [0.15, 0.2) is 29.2 Å². The van der Waals surface area contributed by atoms with Crippen LogP contribution in [0.4, 0.5) is 0 Å². The first-order valence-corrected chi connectivity index (χ1v) is 8.80. The highest BCUT2D eigenvalue weighted by molar-refractivity contribution is 7.89. The molecule has 1 atom stereocenters. The van der Waals surface area contributed by atoms with E-state index in [2.05, 4.69) is 0 Å². The smallest absolute Gasteiger partial charge is 0.243 e. The number of hydrogen-bond acceptors (Lipinski definition) is 3. The van der Waals surface area contributed by atoms with Crippen LogP contribution < -0.4 is 5.73 Å². The fourth-order valence-electron chi connectivity index (χ4n) is 2.74. The standard InChI is InChI=1S/C15H24N2O2S/c1-13-5-3-2-4-12-17(13)20(18,19)15-8-6-14(7-9-15)10-11-16/h6-9,13H,2-5,10-12,16H2,1H3. The summed E-state index contributed by atoms with van der Waals surface area (Å²) in [5.74, 6) is 0. The van der Waals surface area contributed by atoms with Crippen LogP contribution in [0.1, 0.15) is 38.2 Å². The van der Waals surface area contributed by atoms with Gasteiger partial charge < -0.3 is 5.73 Å². The van der Waals surface area contributed by atoms with Crippen molar-refractivity contribution in [2.75, 3.05) is 13.1 Å². The van der Waals surface area contributed by atoms with E-state index in [9.17, 15) is 8.42 Å². The van der Waals surface area contributed by atoms with Gasteiger partial charge in [-0.25, -0.2) is 8.42 Å². The Kier molecular flexibility index (Phi) is 5.18. The number of sulfonamides is 1. The molecule has 112 valence electrons. The molecule has 1 aliphatic rings. The molecule has 1 fully saturated rings. The third kappa shape index (κ3) is 3.40. The van der Waals surface area contributed by atoms with E-state index in [0.717, 1.165) is 37.7 Å². The summed E-state index contributed by atoms with van der Waals surface area (Å²) in [5, 5.41) is 0. The largest absolute Gasteiger partial charge is 0.330 e. The second-order valence-electron chi connectivity index (χ2n) is 5.50. The molecule has 1 aromatic carbocycles. The van der Waals surface area contributed by atoms with Crippen molar-refractivity contribution in [3.05, 3.63) is 29.8 Å². The number of rotatable bonds is 4. The average Bonchev–Trinajstić information content (AvgIpc) is 2.65. The molecule has 2 rings (SSSR count). The normalized spacial score (nSPS) is 21.6. The Bertz CT molecular complexity index is 525. The second kappa shape index (κ2) is 6.70. The lowest BCUT2D eigenvalue weighted by atomic mass is 10.1. The fraction of sp³-hybridized carbons (Fsp3) is 0.600. The van der Waals surface area contributed by atoms with Crippen LogP contribution in [-0.2, 0) is 16.4 Å². The van der Waals surface area contributed by atoms with Crippen molar-refractivity contribution in [3.8, 4) is 0 Å². The summed E-state index contributed by atoms with van der Waals surface area (Å²) in [6.45, 7) is 3.22. The van der Waals surface area contributed by atoms with Crippen LogP contribution in [0.2, 0.25) is 0 Å². The first-order chi connectivity index (χ1) is 9.55. The van der Waals surface area contributed by atoms with Crippen molar-refractivity contribution >= 4 is 10.0 Å². The van der Waals surface area contributed by atoms with Gasteiger partial charge in [-0.2, -0.15) is 4.31 Å². The predicted octanol–water partition coefficient (Wildman–Crippen LogP) is 2.14. The quantitative estimate of drug-likeness (QED) is 0.926. The monoisotopic (exact) mass is 296 g/mol. The Morgan fingerprint density at radius 2 is 1.90 bits per heavy atom. The summed E-state index contributed by atoms with van der Waals surface area (Å²) in [6, 6.07) is 7.23. The maximum Gasteiger partial charge on any atom is 0.243 e. The molecular formula is C15H24N2O2S. The van der Waals surface area contributed by atoms with Gasteiger partial charge in [0.1, 0.15) is 0 Å². The SMILES string of the molecule is CC1CCCCCN1S(=O)(=O)c1ccc(CCN)cc1. The van der Waals surface area contributed by atoms with Crippen LogP contribution in [-0.4, -0.2) is 31.9 Å². The van der Waals surface area contributed by atoms with E-state index in [0.29, 0.717) is 18.0 Å². The maximum atomic E-state index is 12.7. The zero-order valence-corrected chi connectivity index (χ0v) is 12.9. The molecule has 0 spiro atoms. The predicted molar refractivity (Wildman–Crippen MR) is 81.0 cm³/mol. The molecule has 0 bridgehead atoms. The Hall–Kier alpha value is -0.910. The molecule has 5 heteroatoms. The van der Waals surface area contributed by atoms with Crippen LogP contribution in [0.25, 0.3) is 0 Å². The van der Waals surface area contributed by atoms with Gasteiger partial charge in [-0.15, -0.1) is 0 Å². The molecule has 1 aromatic rings. The number of hydrogen-bond donors (Lipinski definition) is 1. The minimum atomic E-state index is -3.36. The first kappa shape index (κ1) is 15.5. The lowest BCUT2D eigenvalue weighted by Crippen LogP contribution is -2.38. The Balaban J connectivity index is 2.24. The molecular weight excluding hydrogens is 272 g/mol. The van der Waals surface area contributed by atoms with Crippen molar-refractivity contribution in [1.82, 2.24) is 4.31 Å². The third-order valence-corrected chi connectivity index (χ3v) is 5.98. The zero-order valence-electron chi connectivity index (χ0n) is 12.1. The molecule has 0 amide bonds. The third-order valence-electron chi connectivity index (χ3n) is 3.95. The number of benzene rings is 1. The molecule has 2 N–H and O–H groups in total. The van der Waals surface area contributed by atoms with Gasteiger partial charge in [0.05, 0.1) is 4.90 Å². The van der Waals surface area contributed by atoms with Gasteiger partial charge in [-0.3, -0.25) is 0 Å². The lowest BCUT2D eigenvalue weighted by molar-refractivity contribution is 0.342. The van der Waals surface area contributed by atoms with E-state index in [-0.39, 0.29) is 6.04 Å². The van der Waals surface area contributed by atoms with Crippen molar-refractivity contribution < 1.29 is 8.42 Å². The van der Waals surface area contributed by atoms with E-state index in [1.54, 1.807) is 16.4 Å². The first-order valence-electron chi connectivity index (χ1n) is 7.36. The average molecular weight is 296 g/mol. The minimum Gasteiger partial charge on any atom is -0.330 e. The Morgan fingerprint density at radius 3 is 2.55 bits per heavy atom. The molecule has 1 saturated heterocycles. The van der Waals surface area contributed by atoms with Gasteiger partial charge >= 0.3 is 0 Å². The number of nitrogens with two attached hydrogens (primary N) is 1. The Labute approximate surface area is 122 Å². The topological polar surface area (TPSA) is 63.4 Å². The van der Waals surface area contributed by atoms with Gasteiger partial charge in [-0.1, -0.05) is 25.0 Å². The summed E-state index contributed by atoms with van der Waals surface area (Å²) >= 11 is 0. The van der Waals surface area contributed by atoms with Gasteiger partial charge in [0.15, 0.2) is 0 Å². The van der Waals surface area contributed by atoms with Crippen LogP contribution >= 0.6 is 0 Å². The summed E-state index contributed by atoms with van der Waals surface area (Å²) in [6.07, 6.45) is 4.91. The Morgan fingerprint density at radius 1 is 1.20 bits per heavy atom. The van der Waals surface area contributed by atoms with Crippen LogP contribution in [0.5, 0.6) is 0 Å². The molecule has 0 radical (unpaired) electrons. The minimum absolute atomic E-state index is 0.0891. The molecule has 20 heavy (non-hydrogen) atoms. The van der Waals surface area contributed by atoms with E-state index in [4.69, 9.17) is 5.73 Å². The number of nitrogens with zero attached hydrogens (tertiary/aromatic N) is 1. The van der Waals surface area contributed by atoms with Crippen molar-refractivity contribution in [1.29, 1.82) is 0 Å². The van der Waals surface area contributed by atoms with E-state index in [1.807, 2.05) is 19.1 Å². The highest BCUT2D eigenvalue weighted by Crippen LogP contribution is 2.24. The van der Waals surface area contributed by atoms with Crippen molar-refractivity contribution in [2.45, 2.75) is 50.0 Å². The molecule has 1 unspecified atom stereocenters.